The molecule has 1 N–H and O–H groups in total. The third kappa shape index (κ3) is 4.94. The fourth-order valence-corrected chi connectivity index (χ4v) is 4.19. The van der Waals surface area contributed by atoms with E-state index in [1.807, 2.05) is 64.2 Å². The highest BCUT2D eigenvalue weighted by Crippen LogP contribution is 2.22. The van der Waals surface area contributed by atoms with E-state index in [0.717, 1.165) is 34.3 Å². The van der Waals surface area contributed by atoms with Crippen LogP contribution in [0.2, 0.25) is 0 Å². The molecule has 7 nitrogen and oxygen atoms in total. The van der Waals surface area contributed by atoms with E-state index in [9.17, 15) is 9.59 Å². The molecule has 1 aromatic heterocycles. The zero-order chi connectivity index (χ0) is 22.5. The Morgan fingerprint density at radius 3 is 2.53 bits per heavy atom. The standard InChI is InChI=1S/C25H30N4O3/c1-3-19-6-4-5-7-22(19)26-24(30)17-27-12-14-28(15-13-27)25(31)18-29-11-10-20-16-21(32-2)8-9-23(20)29/h4-11,16H,3,12-15,17-18H2,1-2H3,(H,26,30). The van der Waals surface area contributed by atoms with E-state index >= 15 is 0 Å². The maximum absolute atomic E-state index is 12.9. The van der Waals surface area contributed by atoms with E-state index in [2.05, 4.69) is 17.1 Å². The fourth-order valence-electron chi connectivity index (χ4n) is 4.19. The number of methoxy groups -OCH3 is 1. The van der Waals surface area contributed by atoms with Crippen molar-refractivity contribution >= 4 is 28.4 Å². The molecule has 0 aliphatic carbocycles. The monoisotopic (exact) mass is 434 g/mol. The quantitative estimate of drug-likeness (QED) is 0.621. The minimum atomic E-state index is -0.0140. The number of fused-ring (bicyclic) bond motifs is 1. The number of ether oxygens (including phenoxy) is 1. The number of anilines is 1. The summed E-state index contributed by atoms with van der Waals surface area (Å²) in [5, 5.41) is 4.08. The van der Waals surface area contributed by atoms with Gasteiger partial charge in [0.2, 0.25) is 11.8 Å². The molecule has 2 aromatic carbocycles. The van der Waals surface area contributed by atoms with Gasteiger partial charge in [-0.3, -0.25) is 14.5 Å². The molecule has 0 radical (unpaired) electrons. The molecule has 1 fully saturated rings. The number of hydrogen-bond donors (Lipinski definition) is 1. The Kier molecular flexibility index (Phi) is 6.75. The summed E-state index contributed by atoms with van der Waals surface area (Å²) >= 11 is 0. The number of piperazine rings is 1. The summed E-state index contributed by atoms with van der Waals surface area (Å²) in [4.78, 5) is 29.3. The van der Waals surface area contributed by atoms with E-state index in [-0.39, 0.29) is 11.8 Å². The molecule has 1 aliphatic heterocycles. The molecule has 0 atom stereocenters. The van der Waals surface area contributed by atoms with Gasteiger partial charge < -0.3 is 19.5 Å². The minimum Gasteiger partial charge on any atom is -0.497 e. The van der Waals surface area contributed by atoms with Gasteiger partial charge in [-0.05, 0) is 42.3 Å². The van der Waals surface area contributed by atoms with Gasteiger partial charge >= 0.3 is 0 Å². The molecule has 2 amide bonds. The summed E-state index contributed by atoms with van der Waals surface area (Å²) in [5.74, 6) is 0.888. The van der Waals surface area contributed by atoms with Gasteiger partial charge in [-0.1, -0.05) is 25.1 Å². The lowest BCUT2D eigenvalue weighted by atomic mass is 10.1. The predicted octanol–water partition coefficient (Wildman–Crippen LogP) is 3.00. The first-order valence-electron chi connectivity index (χ1n) is 11.1. The number of carbonyl (C=O) groups excluding carboxylic acids is 2. The molecule has 1 aliphatic rings. The Balaban J connectivity index is 1.28. The summed E-state index contributed by atoms with van der Waals surface area (Å²) in [5.41, 5.74) is 3.03. The first-order chi connectivity index (χ1) is 15.6. The summed E-state index contributed by atoms with van der Waals surface area (Å²) in [6.07, 6.45) is 2.82. The Bertz CT molecular complexity index is 1100. The van der Waals surface area contributed by atoms with E-state index in [1.54, 1.807) is 7.11 Å². The molecule has 4 rings (SSSR count). The number of nitrogens with one attached hydrogen (secondary N) is 1. The number of amides is 2. The zero-order valence-corrected chi connectivity index (χ0v) is 18.7. The van der Waals surface area contributed by atoms with Crippen LogP contribution < -0.4 is 10.1 Å². The van der Waals surface area contributed by atoms with Crippen LogP contribution in [0.4, 0.5) is 5.69 Å². The molecule has 2 heterocycles. The van der Waals surface area contributed by atoms with Gasteiger partial charge in [0.25, 0.3) is 0 Å². The van der Waals surface area contributed by atoms with Gasteiger partial charge in [0, 0.05) is 49.0 Å². The largest absolute Gasteiger partial charge is 0.497 e. The van der Waals surface area contributed by atoms with Gasteiger partial charge in [-0.25, -0.2) is 0 Å². The molecule has 168 valence electrons. The summed E-state index contributed by atoms with van der Waals surface area (Å²) in [6.45, 7) is 5.37. The Morgan fingerprint density at radius 1 is 1.00 bits per heavy atom. The number of hydrogen-bond acceptors (Lipinski definition) is 4. The van der Waals surface area contributed by atoms with E-state index < -0.39 is 0 Å². The minimum absolute atomic E-state index is 0.0140. The molecular weight excluding hydrogens is 404 g/mol. The third-order valence-electron chi connectivity index (χ3n) is 6.05. The van der Waals surface area contributed by atoms with Crippen LogP contribution in [0.15, 0.2) is 54.7 Å². The molecule has 1 saturated heterocycles. The topological polar surface area (TPSA) is 66.8 Å². The van der Waals surface area contributed by atoms with Crippen LogP contribution in [0.3, 0.4) is 0 Å². The highest BCUT2D eigenvalue weighted by Gasteiger charge is 2.23. The first kappa shape index (κ1) is 21.9. The second-order valence-corrected chi connectivity index (χ2v) is 8.08. The van der Waals surface area contributed by atoms with Gasteiger partial charge in [-0.15, -0.1) is 0 Å². The Hall–Kier alpha value is -3.32. The highest BCUT2D eigenvalue weighted by molar-refractivity contribution is 5.93. The summed E-state index contributed by atoms with van der Waals surface area (Å²) < 4.78 is 7.25. The van der Waals surface area contributed by atoms with Crippen LogP contribution in [-0.2, 0) is 22.6 Å². The number of nitrogens with zero attached hydrogens (tertiary/aromatic N) is 3. The van der Waals surface area contributed by atoms with Crippen molar-refractivity contribution in [2.75, 3.05) is 45.2 Å². The van der Waals surface area contributed by atoms with Gasteiger partial charge in [0.1, 0.15) is 12.3 Å². The van der Waals surface area contributed by atoms with Crippen LogP contribution in [0, 0.1) is 0 Å². The molecule has 0 spiro atoms. The van der Waals surface area contributed by atoms with Crippen LogP contribution in [-0.4, -0.2) is 66.0 Å². The SMILES string of the molecule is CCc1ccccc1NC(=O)CN1CCN(C(=O)Cn2ccc3cc(OC)ccc32)CC1. The fraction of sp³-hybridized carbons (Fsp3) is 0.360. The average molecular weight is 435 g/mol. The second kappa shape index (κ2) is 9.87. The van der Waals surface area contributed by atoms with Crippen molar-refractivity contribution in [3.05, 3.63) is 60.3 Å². The normalized spacial score (nSPS) is 14.5. The number of aromatic nitrogens is 1. The lowest BCUT2D eigenvalue weighted by molar-refractivity contribution is -0.133. The number of para-hydroxylation sites is 1. The maximum Gasteiger partial charge on any atom is 0.242 e. The molecular formula is C25H30N4O3. The van der Waals surface area contributed by atoms with Crippen LogP contribution in [0.5, 0.6) is 5.75 Å². The first-order valence-corrected chi connectivity index (χ1v) is 11.1. The predicted molar refractivity (Wildman–Crippen MR) is 126 cm³/mol. The van der Waals surface area contributed by atoms with Gasteiger partial charge in [0.05, 0.1) is 13.7 Å². The zero-order valence-electron chi connectivity index (χ0n) is 18.7. The molecule has 0 unspecified atom stereocenters. The summed E-state index contributed by atoms with van der Waals surface area (Å²) in [6, 6.07) is 15.7. The van der Waals surface area contributed by atoms with Crippen LogP contribution in [0.25, 0.3) is 10.9 Å². The van der Waals surface area contributed by atoms with Gasteiger partial charge in [0.15, 0.2) is 0 Å². The summed E-state index contributed by atoms with van der Waals surface area (Å²) in [7, 11) is 1.65. The molecule has 32 heavy (non-hydrogen) atoms. The maximum atomic E-state index is 12.9. The van der Waals surface area contributed by atoms with E-state index in [1.165, 1.54) is 0 Å². The van der Waals surface area contributed by atoms with E-state index in [0.29, 0.717) is 39.3 Å². The van der Waals surface area contributed by atoms with Crippen molar-refractivity contribution in [2.45, 2.75) is 19.9 Å². The van der Waals surface area contributed by atoms with Crippen LogP contribution in [0.1, 0.15) is 12.5 Å². The average Bonchev–Trinajstić information content (AvgIpc) is 3.21. The number of carbonyl (C=O) groups is 2. The molecule has 3 aromatic rings. The lowest BCUT2D eigenvalue weighted by Crippen LogP contribution is -2.51. The number of benzene rings is 2. The molecule has 0 saturated carbocycles. The van der Waals surface area contributed by atoms with Crippen molar-refractivity contribution < 1.29 is 14.3 Å². The van der Waals surface area contributed by atoms with Crippen molar-refractivity contribution in [3.8, 4) is 5.75 Å². The smallest absolute Gasteiger partial charge is 0.242 e. The van der Waals surface area contributed by atoms with Crippen molar-refractivity contribution in [1.82, 2.24) is 14.4 Å². The molecule has 0 bridgehead atoms. The number of rotatable bonds is 7. The highest BCUT2D eigenvalue weighted by atomic mass is 16.5. The van der Waals surface area contributed by atoms with Crippen molar-refractivity contribution in [2.24, 2.45) is 0 Å². The Labute approximate surface area is 188 Å². The van der Waals surface area contributed by atoms with Crippen molar-refractivity contribution in [3.63, 3.8) is 0 Å². The van der Waals surface area contributed by atoms with E-state index in [4.69, 9.17) is 4.74 Å². The molecule has 7 heteroatoms. The van der Waals surface area contributed by atoms with Gasteiger partial charge in [-0.2, -0.15) is 0 Å². The number of aryl methyl sites for hydroxylation is 1. The van der Waals surface area contributed by atoms with Crippen molar-refractivity contribution in [1.29, 1.82) is 0 Å². The van der Waals surface area contributed by atoms with Crippen LogP contribution >= 0.6 is 0 Å². The second-order valence-electron chi connectivity index (χ2n) is 8.08. The Morgan fingerprint density at radius 2 is 1.78 bits per heavy atom. The lowest BCUT2D eigenvalue weighted by Gasteiger charge is -2.34. The third-order valence-corrected chi connectivity index (χ3v) is 6.05.